The Morgan fingerprint density at radius 1 is 1.03 bits per heavy atom. The van der Waals surface area contributed by atoms with E-state index in [2.05, 4.69) is 5.32 Å². The number of thiophene rings is 1. The molecule has 1 N–H and O–H groups in total. The van der Waals surface area contributed by atoms with Crippen LogP contribution in [0, 0.1) is 5.82 Å². The number of halogens is 2. The predicted octanol–water partition coefficient (Wildman–Crippen LogP) is 4.95. The van der Waals surface area contributed by atoms with Gasteiger partial charge in [-0.25, -0.2) is 9.29 Å². The fourth-order valence-corrected chi connectivity index (χ4v) is 4.14. The highest BCUT2D eigenvalue weighted by atomic mass is 35.5. The standard InChI is InChI=1S/C22H16ClFN2O4S/c1-29-13-6-8-17(30-2)16(11-13)25-20-19(18-4-3-9-31-18)21(27)26(22(20)28)12-5-7-15(24)14(23)10-12/h3-11,25H,1-2H3. The van der Waals surface area contributed by atoms with Crippen LogP contribution in [0.4, 0.5) is 15.8 Å². The lowest BCUT2D eigenvalue weighted by molar-refractivity contribution is -0.120. The van der Waals surface area contributed by atoms with Crippen LogP contribution >= 0.6 is 22.9 Å². The zero-order chi connectivity index (χ0) is 22.1. The van der Waals surface area contributed by atoms with Gasteiger partial charge in [0, 0.05) is 10.9 Å². The molecule has 4 rings (SSSR count). The smallest absolute Gasteiger partial charge is 0.282 e. The average Bonchev–Trinajstić information content (AvgIpc) is 3.37. The Hall–Kier alpha value is -3.36. The number of methoxy groups -OCH3 is 2. The Morgan fingerprint density at radius 3 is 2.48 bits per heavy atom. The fourth-order valence-electron chi connectivity index (χ4n) is 3.20. The molecule has 2 aromatic carbocycles. The maximum atomic E-state index is 13.6. The summed E-state index contributed by atoms with van der Waals surface area (Å²) in [7, 11) is 3.02. The lowest BCUT2D eigenvalue weighted by Gasteiger charge is -2.16. The first-order chi connectivity index (χ1) is 14.9. The third kappa shape index (κ3) is 3.75. The molecular formula is C22H16ClFN2O4S. The zero-order valence-electron chi connectivity index (χ0n) is 16.4. The van der Waals surface area contributed by atoms with Crippen LogP contribution in [0.3, 0.4) is 0 Å². The van der Waals surface area contributed by atoms with E-state index in [-0.39, 0.29) is 22.0 Å². The summed E-state index contributed by atoms with van der Waals surface area (Å²) in [5, 5.41) is 4.66. The van der Waals surface area contributed by atoms with Crippen LogP contribution in [0.25, 0.3) is 5.57 Å². The van der Waals surface area contributed by atoms with E-state index in [4.69, 9.17) is 21.1 Å². The van der Waals surface area contributed by atoms with Crippen molar-refractivity contribution in [3.8, 4) is 11.5 Å². The molecule has 31 heavy (non-hydrogen) atoms. The van der Waals surface area contributed by atoms with Gasteiger partial charge in [-0.05, 0) is 41.8 Å². The molecule has 9 heteroatoms. The molecule has 158 valence electrons. The second-order valence-electron chi connectivity index (χ2n) is 6.46. The number of carbonyl (C=O) groups excluding carboxylic acids is 2. The molecule has 0 fully saturated rings. The van der Waals surface area contributed by atoms with Gasteiger partial charge in [0.1, 0.15) is 23.0 Å². The molecule has 0 saturated heterocycles. The lowest BCUT2D eigenvalue weighted by atomic mass is 10.1. The molecule has 0 bridgehead atoms. The third-order valence-electron chi connectivity index (χ3n) is 4.68. The summed E-state index contributed by atoms with van der Waals surface area (Å²) in [6.45, 7) is 0. The zero-order valence-corrected chi connectivity index (χ0v) is 18.0. The van der Waals surface area contributed by atoms with E-state index < -0.39 is 17.6 Å². The number of nitrogens with zero attached hydrogens (tertiary/aromatic N) is 1. The van der Waals surface area contributed by atoms with Crippen LogP contribution in [-0.2, 0) is 9.59 Å². The van der Waals surface area contributed by atoms with Crippen molar-refractivity contribution in [2.45, 2.75) is 0 Å². The van der Waals surface area contributed by atoms with Gasteiger partial charge >= 0.3 is 0 Å². The molecule has 2 heterocycles. The van der Waals surface area contributed by atoms with E-state index >= 15 is 0 Å². The Bertz CT molecular complexity index is 1210. The molecule has 0 saturated carbocycles. The van der Waals surface area contributed by atoms with Gasteiger partial charge in [-0.15, -0.1) is 11.3 Å². The van der Waals surface area contributed by atoms with E-state index in [0.29, 0.717) is 22.1 Å². The number of carbonyl (C=O) groups is 2. The van der Waals surface area contributed by atoms with Gasteiger partial charge in [-0.1, -0.05) is 17.7 Å². The van der Waals surface area contributed by atoms with Gasteiger partial charge in [0.05, 0.1) is 36.2 Å². The van der Waals surface area contributed by atoms with Gasteiger partial charge in [0.25, 0.3) is 11.8 Å². The Balaban J connectivity index is 1.82. The molecule has 1 aromatic heterocycles. The monoisotopic (exact) mass is 458 g/mol. The molecular weight excluding hydrogens is 443 g/mol. The summed E-state index contributed by atoms with van der Waals surface area (Å²) in [5.74, 6) is -0.779. The van der Waals surface area contributed by atoms with Gasteiger partial charge in [-0.2, -0.15) is 0 Å². The first kappa shape index (κ1) is 20.9. The molecule has 0 aliphatic carbocycles. The summed E-state index contributed by atoms with van der Waals surface area (Å²) >= 11 is 7.20. The minimum absolute atomic E-state index is 0.0689. The summed E-state index contributed by atoms with van der Waals surface area (Å²) in [6, 6.07) is 12.3. The topological polar surface area (TPSA) is 67.9 Å². The largest absolute Gasteiger partial charge is 0.497 e. The van der Waals surface area contributed by atoms with Gasteiger partial charge in [-0.3, -0.25) is 9.59 Å². The van der Waals surface area contributed by atoms with Crippen molar-refractivity contribution in [2.24, 2.45) is 0 Å². The number of ether oxygens (including phenoxy) is 2. The van der Waals surface area contributed by atoms with E-state index in [0.717, 1.165) is 11.0 Å². The molecule has 0 spiro atoms. The molecule has 0 atom stereocenters. The predicted molar refractivity (Wildman–Crippen MR) is 118 cm³/mol. The minimum atomic E-state index is -0.643. The van der Waals surface area contributed by atoms with Crippen LogP contribution < -0.4 is 19.7 Å². The van der Waals surface area contributed by atoms with Crippen molar-refractivity contribution in [2.75, 3.05) is 24.4 Å². The highest BCUT2D eigenvalue weighted by molar-refractivity contribution is 7.11. The summed E-state index contributed by atoms with van der Waals surface area (Å²) in [4.78, 5) is 28.2. The Labute approximate surface area is 186 Å². The van der Waals surface area contributed by atoms with E-state index in [1.165, 1.54) is 37.7 Å². The van der Waals surface area contributed by atoms with Gasteiger partial charge < -0.3 is 14.8 Å². The van der Waals surface area contributed by atoms with Gasteiger partial charge in [0.2, 0.25) is 0 Å². The number of rotatable bonds is 6. The molecule has 1 aliphatic rings. The highest BCUT2D eigenvalue weighted by Crippen LogP contribution is 2.38. The van der Waals surface area contributed by atoms with Crippen molar-refractivity contribution < 1.29 is 23.5 Å². The summed E-state index contributed by atoms with van der Waals surface area (Å²) in [5.41, 5.74) is 0.890. The number of hydrogen-bond acceptors (Lipinski definition) is 6. The normalized spacial score (nSPS) is 13.7. The van der Waals surface area contributed by atoms with Crippen molar-refractivity contribution in [1.29, 1.82) is 0 Å². The number of imide groups is 1. The van der Waals surface area contributed by atoms with Crippen molar-refractivity contribution in [1.82, 2.24) is 0 Å². The molecule has 2 amide bonds. The molecule has 1 aliphatic heterocycles. The maximum absolute atomic E-state index is 13.6. The number of amides is 2. The number of anilines is 2. The summed E-state index contributed by atoms with van der Waals surface area (Å²) in [6.07, 6.45) is 0. The average molecular weight is 459 g/mol. The lowest BCUT2D eigenvalue weighted by Crippen LogP contribution is -2.32. The van der Waals surface area contributed by atoms with E-state index in [1.54, 1.807) is 35.7 Å². The maximum Gasteiger partial charge on any atom is 0.282 e. The molecule has 3 aromatic rings. The fraction of sp³-hybridized carbons (Fsp3) is 0.0909. The van der Waals surface area contributed by atoms with Crippen LogP contribution in [0.1, 0.15) is 4.88 Å². The number of nitrogens with one attached hydrogen (secondary N) is 1. The van der Waals surface area contributed by atoms with Crippen molar-refractivity contribution in [3.05, 3.63) is 75.3 Å². The van der Waals surface area contributed by atoms with Gasteiger partial charge in [0.15, 0.2) is 0 Å². The summed E-state index contributed by atoms with van der Waals surface area (Å²) < 4.78 is 24.3. The second kappa shape index (κ2) is 8.41. The second-order valence-corrected chi connectivity index (χ2v) is 7.82. The molecule has 0 radical (unpaired) electrons. The first-order valence-corrected chi connectivity index (χ1v) is 10.3. The highest BCUT2D eigenvalue weighted by Gasteiger charge is 2.41. The first-order valence-electron chi connectivity index (χ1n) is 9.05. The number of benzene rings is 2. The number of hydrogen-bond donors (Lipinski definition) is 1. The van der Waals surface area contributed by atoms with Crippen LogP contribution in [0.2, 0.25) is 5.02 Å². The Morgan fingerprint density at radius 2 is 1.84 bits per heavy atom. The van der Waals surface area contributed by atoms with E-state index in [9.17, 15) is 14.0 Å². The minimum Gasteiger partial charge on any atom is -0.497 e. The third-order valence-corrected chi connectivity index (χ3v) is 5.86. The van der Waals surface area contributed by atoms with Crippen LogP contribution in [0.15, 0.2) is 59.6 Å². The Kier molecular flexibility index (Phi) is 5.67. The van der Waals surface area contributed by atoms with Crippen molar-refractivity contribution in [3.63, 3.8) is 0 Å². The van der Waals surface area contributed by atoms with E-state index in [1.807, 2.05) is 0 Å². The van der Waals surface area contributed by atoms with Crippen LogP contribution in [0.5, 0.6) is 11.5 Å². The molecule has 0 unspecified atom stereocenters. The van der Waals surface area contributed by atoms with Crippen LogP contribution in [-0.4, -0.2) is 26.0 Å². The molecule has 6 nitrogen and oxygen atoms in total. The van der Waals surface area contributed by atoms with Crippen molar-refractivity contribution >= 4 is 51.7 Å². The quantitative estimate of drug-likeness (QED) is 0.529. The SMILES string of the molecule is COc1ccc(OC)c(NC2=C(c3cccs3)C(=O)N(c3ccc(F)c(Cl)c3)C2=O)c1.